The van der Waals surface area contributed by atoms with Crippen molar-refractivity contribution in [2.75, 3.05) is 33.3 Å². The third-order valence-corrected chi connectivity index (χ3v) is 5.62. The third-order valence-electron chi connectivity index (χ3n) is 5.62. The van der Waals surface area contributed by atoms with Gasteiger partial charge in [-0.2, -0.15) is 0 Å². The van der Waals surface area contributed by atoms with Gasteiger partial charge in [-0.1, -0.05) is 65.7 Å². The van der Waals surface area contributed by atoms with Gasteiger partial charge in [0.15, 0.2) is 0 Å². The number of nitrogens with two attached hydrogens (primary N) is 1. The highest BCUT2D eigenvalue weighted by molar-refractivity contribution is 5.26. The van der Waals surface area contributed by atoms with Crippen LogP contribution in [0.3, 0.4) is 0 Å². The van der Waals surface area contributed by atoms with E-state index in [1.807, 2.05) is 6.20 Å². The van der Waals surface area contributed by atoms with Crippen molar-refractivity contribution in [2.24, 2.45) is 5.73 Å². The fraction of sp³-hybridized carbons (Fsp3) is 0.800. The SMILES string of the molecule is CC(C)NCCOc1cncc([C@@H]2CCCN2C)c1.CCCCCCCCCCN. The molecule has 1 aliphatic heterocycles. The molecule has 1 atom stereocenters. The molecular weight excluding hydrogens is 372 g/mol. The predicted octanol–water partition coefficient (Wildman–Crippen LogP) is 5.31. The van der Waals surface area contributed by atoms with Gasteiger partial charge in [0.25, 0.3) is 0 Å². The smallest absolute Gasteiger partial charge is 0.137 e. The van der Waals surface area contributed by atoms with Gasteiger partial charge in [0.2, 0.25) is 0 Å². The average molecular weight is 421 g/mol. The van der Waals surface area contributed by atoms with Crippen molar-refractivity contribution in [1.82, 2.24) is 15.2 Å². The molecule has 2 heterocycles. The molecule has 5 nitrogen and oxygen atoms in total. The van der Waals surface area contributed by atoms with Crippen molar-refractivity contribution in [3.8, 4) is 5.75 Å². The summed E-state index contributed by atoms with van der Waals surface area (Å²) in [6.07, 6.45) is 17.2. The van der Waals surface area contributed by atoms with Crippen LogP contribution in [0.1, 0.15) is 96.6 Å². The van der Waals surface area contributed by atoms with Gasteiger partial charge in [0.1, 0.15) is 12.4 Å². The zero-order valence-corrected chi connectivity index (χ0v) is 20.2. The second-order valence-electron chi connectivity index (χ2n) is 8.81. The van der Waals surface area contributed by atoms with Gasteiger partial charge in [-0.3, -0.25) is 9.88 Å². The molecule has 0 spiro atoms. The highest BCUT2D eigenvalue weighted by atomic mass is 16.5. The van der Waals surface area contributed by atoms with E-state index in [4.69, 9.17) is 10.5 Å². The van der Waals surface area contributed by atoms with Gasteiger partial charge in [-0.25, -0.2) is 0 Å². The Kier molecular flexibility index (Phi) is 15.7. The van der Waals surface area contributed by atoms with Crippen LogP contribution in [0, 0.1) is 0 Å². The maximum absolute atomic E-state index is 5.75. The van der Waals surface area contributed by atoms with Gasteiger partial charge in [0.05, 0.1) is 6.20 Å². The highest BCUT2D eigenvalue weighted by Crippen LogP contribution is 2.31. The van der Waals surface area contributed by atoms with Crippen LogP contribution < -0.4 is 15.8 Å². The Bertz CT molecular complexity index is 516. The summed E-state index contributed by atoms with van der Waals surface area (Å²) in [5.41, 5.74) is 6.66. The first-order valence-corrected chi connectivity index (χ1v) is 12.3. The molecule has 1 aromatic heterocycles. The van der Waals surface area contributed by atoms with Crippen LogP contribution in [0.25, 0.3) is 0 Å². The number of rotatable bonds is 14. The van der Waals surface area contributed by atoms with E-state index in [-0.39, 0.29) is 0 Å². The summed E-state index contributed by atoms with van der Waals surface area (Å²) in [5, 5.41) is 3.34. The van der Waals surface area contributed by atoms with Gasteiger partial charge >= 0.3 is 0 Å². The zero-order chi connectivity index (χ0) is 22.0. The van der Waals surface area contributed by atoms with Crippen molar-refractivity contribution in [3.05, 3.63) is 24.0 Å². The van der Waals surface area contributed by atoms with Crippen LogP contribution in [0.4, 0.5) is 0 Å². The number of ether oxygens (including phenoxy) is 1. The fourth-order valence-corrected chi connectivity index (χ4v) is 3.82. The number of pyridine rings is 1. The number of aromatic nitrogens is 1. The largest absolute Gasteiger partial charge is 0.491 e. The molecule has 0 radical (unpaired) electrons. The van der Waals surface area contributed by atoms with Crippen molar-refractivity contribution >= 4 is 0 Å². The summed E-state index contributed by atoms with van der Waals surface area (Å²) < 4.78 is 5.75. The van der Waals surface area contributed by atoms with E-state index in [1.165, 1.54) is 76.3 Å². The minimum absolute atomic E-state index is 0.500. The van der Waals surface area contributed by atoms with E-state index >= 15 is 0 Å². The Labute approximate surface area is 186 Å². The summed E-state index contributed by atoms with van der Waals surface area (Å²) in [6, 6.07) is 3.14. The van der Waals surface area contributed by atoms with Crippen LogP contribution in [0.2, 0.25) is 0 Å². The fourth-order valence-electron chi connectivity index (χ4n) is 3.82. The van der Waals surface area contributed by atoms with Crippen LogP contribution in [-0.2, 0) is 0 Å². The summed E-state index contributed by atoms with van der Waals surface area (Å²) >= 11 is 0. The van der Waals surface area contributed by atoms with E-state index in [9.17, 15) is 0 Å². The maximum Gasteiger partial charge on any atom is 0.137 e. The standard InChI is InChI=1S/C15H25N3O.C10H23N/c1-12(2)17-6-8-19-14-9-13(10-16-11-14)15-5-4-7-18(15)3;1-2-3-4-5-6-7-8-9-10-11/h9-12,15,17H,4-8H2,1-3H3;2-11H2,1H3/t15-;/m0./s1. The quantitative estimate of drug-likeness (QED) is 0.399. The Morgan fingerprint density at radius 2 is 1.83 bits per heavy atom. The molecule has 0 aliphatic carbocycles. The normalized spacial score (nSPS) is 16.5. The van der Waals surface area contributed by atoms with Crippen molar-refractivity contribution in [3.63, 3.8) is 0 Å². The monoisotopic (exact) mass is 420 g/mol. The zero-order valence-electron chi connectivity index (χ0n) is 20.2. The van der Waals surface area contributed by atoms with Crippen LogP contribution in [-0.4, -0.2) is 49.2 Å². The Morgan fingerprint density at radius 3 is 2.43 bits per heavy atom. The van der Waals surface area contributed by atoms with Crippen molar-refractivity contribution < 1.29 is 4.74 Å². The molecule has 30 heavy (non-hydrogen) atoms. The molecule has 1 fully saturated rings. The lowest BCUT2D eigenvalue weighted by atomic mass is 10.1. The number of unbranched alkanes of at least 4 members (excludes halogenated alkanes) is 7. The number of likely N-dealkylation sites (tertiary alicyclic amines) is 1. The van der Waals surface area contributed by atoms with Crippen molar-refractivity contribution in [2.45, 2.75) is 97.1 Å². The average Bonchev–Trinajstić information content (AvgIpc) is 3.17. The maximum atomic E-state index is 5.75. The minimum Gasteiger partial charge on any atom is -0.491 e. The molecule has 3 N–H and O–H groups in total. The first-order chi connectivity index (χ1) is 14.6. The van der Waals surface area contributed by atoms with E-state index in [1.54, 1.807) is 6.20 Å². The molecule has 0 saturated carbocycles. The molecular formula is C25H48N4O. The van der Waals surface area contributed by atoms with Crippen molar-refractivity contribution in [1.29, 1.82) is 0 Å². The summed E-state index contributed by atoms with van der Waals surface area (Å²) in [7, 11) is 2.18. The molecule has 0 aromatic carbocycles. The number of hydrogen-bond acceptors (Lipinski definition) is 5. The topological polar surface area (TPSA) is 63.4 Å². The highest BCUT2D eigenvalue weighted by Gasteiger charge is 2.22. The van der Waals surface area contributed by atoms with E-state index in [0.717, 1.165) is 18.8 Å². The lowest BCUT2D eigenvalue weighted by Gasteiger charge is -2.20. The predicted molar refractivity (Wildman–Crippen MR) is 129 cm³/mol. The molecule has 174 valence electrons. The third kappa shape index (κ3) is 12.5. The van der Waals surface area contributed by atoms with Gasteiger partial charge in [-0.15, -0.1) is 0 Å². The minimum atomic E-state index is 0.500. The Morgan fingerprint density at radius 1 is 1.13 bits per heavy atom. The van der Waals surface area contributed by atoms with Crippen LogP contribution in [0.15, 0.2) is 18.5 Å². The number of nitrogens with zero attached hydrogens (tertiary/aromatic N) is 2. The molecule has 0 amide bonds. The molecule has 5 heteroatoms. The second-order valence-corrected chi connectivity index (χ2v) is 8.81. The summed E-state index contributed by atoms with van der Waals surface area (Å²) in [6.45, 7) is 10.1. The molecule has 2 rings (SSSR count). The summed E-state index contributed by atoms with van der Waals surface area (Å²) in [4.78, 5) is 6.70. The van der Waals surface area contributed by atoms with Gasteiger partial charge in [-0.05, 0) is 51.0 Å². The first kappa shape index (κ1) is 26.9. The molecule has 0 bridgehead atoms. The number of hydrogen-bond donors (Lipinski definition) is 2. The lowest BCUT2D eigenvalue weighted by Crippen LogP contribution is -2.27. The second kappa shape index (κ2) is 17.5. The van der Waals surface area contributed by atoms with E-state index < -0.39 is 0 Å². The number of nitrogens with one attached hydrogen (secondary N) is 1. The van der Waals surface area contributed by atoms with Crippen LogP contribution in [0.5, 0.6) is 5.75 Å². The van der Waals surface area contributed by atoms with E-state index in [0.29, 0.717) is 18.7 Å². The summed E-state index contributed by atoms with van der Waals surface area (Å²) in [5.74, 6) is 0.878. The molecule has 1 aliphatic rings. The first-order valence-electron chi connectivity index (χ1n) is 12.3. The van der Waals surface area contributed by atoms with Gasteiger partial charge < -0.3 is 15.8 Å². The van der Waals surface area contributed by atoms with Gasteiger partial charge in [0, 0.05) is 24.8 Å². The van der Waals surface area contributed by atoms with E-state index in [2.05, 4.69) is 49.1 Å². The molecule has 0 unspecified atom stereocenters. The molecule has 1 aromatic rings. The Balaban J connectivity index is 0.000000352. The Hall–Kier alpha value is -1.17. The van der Waals surface area contributed by atoms with Crippen LogP contribution >= 0.6 is 0 Å². The lowest BCUT2D eigenvalue weighted by molar-refractivity contribution is 0.300. The molecule has 1 saturated heterocycles.